The second kappa shape index (κ2) is 4.18. The zero-order valence-electron chi connectivity index (χ0n) is 8.77. The molecule has 0 aliphatic carbocycles. The molecule has 0 saturated heterocycles. The number of halogens is 1. The van der Waals surface area contributed by atoms with Gasteiger partial charge in [-0.15, -0.1) is 0 Å². The lowest BCUT2D eigenvalue weighted by Crippen LogP contribution is -1.91. The van der Waals surface area contributed by atoms with Crippen molar-refractivity contribution in [2.75, 3.05) is 12.8 Å². The molecule has 0 radical (unpaired) electrons. The Morgan fingerprint density at radius 2 is 2.06 bits per heavy atom. The number of methoxy groups -OCH3 is 1. The van der Waals surface area contributed by atoms with Gasteiger partial charge in [-0.25, -0.2) is 9.37 Å². The Morgan fingerprint density at radius 3 is 2.69 bits per heavy atom. The summed E-state index contributed by atoms with van der Waals surface area (Å²) in [6, 6.07) is 7.87. The molecule has 2 aromatic rings. The normalized spacial score (nSPS) is 10.1. The van der Waals surface area contributed by atoms with Gasteiger partial charge in [0.05, 0.1) is 7.11 Å². The molecule has 0 atom stereocenters. The maximum absolute atomic E-state index is 13.5. The first-order valence-corrected chi connectivity index (χ1v) is 4.76. The van der Waals surface area contributed by atoms with Crippen LogP contribution < -0.4 is 10.5 Å². The number of nitrogen functional groups attached to an aromatic ring is 1. The smallest absolute Gasteiger partial charge is 0.212 e. The van der Waals surface area contributed by atoms with Crippen LogP contribution >= 0.6 is 0 Å². The summed E-state index contributed by atoms with van der Waals surface area (Å²) in [4.78, 5) is 4.01. The average molecular weight is 218 g/mol. The summed E-state index contributed by atoms with van der Waals surface area (Å²) >= 11 is 0. The molecule has 2 N–H and O–H groups in total. The standard InChI is InChI=1S/C12H11FN2O/c1-16-12-5-2-8(7-15-12)10-6-9(14)3-4-11(10)13/h2-7H,14H2,1H3. The van der Waals surface area contributed by atoms with Crippen molar-refractivity contribution in [2.24, 2.45) is 0 Å². The van der Waals surface area contributed by atoms with E-state index in [1.54, 1.807) is 24.4 Å². The van der Waals surface area contributed by atoms with E-state index in [1.165, 1.54) is 19.2 Å². The lowest BCUT2D eigenvalue weighted by molar-refractivity contribution is 0.398. The van der Waals surface area contributed by atoms with Crippen LogP contribution in [0.1, 0.15) is 0 Å². The van der Waals surface area contributed by atoms with Crippen LogP contribution in [0.15, 0.2) is 36.5 Å². The maximum Gasteiger partial charge on any atom is 0.212 e. The van der Waals surface area contributed by atoms with Crippen LogP contribution in [0.25, 0.3) is 11.1 Å². The van der Waals surface area contributed by atoms with Crippen LogP contribution in [0.4, 0.5) is 10.1 Å². The van der Waals surface area contributed by atoms with Gasteiger partial charge in [-0.1, -0.05) is 0 Å². The van der Waals surface area contributed by atoms with Crippen molar-refractivity contribution in [1.82, 2.24) is 4.98 Å². The molecule has 0 spiro atoms. The van der Waals surface area contributed by atoms with Crippen molar-refractivity contribution in [3.8, 4) is 17.0 Å². The Labute approximate surface area is 92.7 Å². The molecule has 0 amide bonds. The lowest BCUT2D eigenvalue weighted by Gasteiger charge is -2.05. The first-order valence-electron chi connectivity index (χ1n) is 4.76. The molecular formula is C12H11FN2O. The van der Waals surface area contributed by atoms with Crippen LogP contribution in [0.2, 0.25) is 0 Å². The number of ether oxygens (including phenoxy) is 1. The van der Waals surface area contributed by atoms with E-state index in [2.05, 4.69) is 4.98 Å². The Bertz CT molecular complexity index is 497. The molecule has 0 bridgehead atoms. The number of benzene rings is 1. The Balaban J connectivity index is 2.45. The third-order valence-electron chi connectivity index (χ3n) is 2.25. The van der Waals surface area contributed by atoms with Gasteiger partial charge in [0.15, 0.2) is 0 Å². The fraction of sp³-hybridized carbons (Fsp3) is 0.0833. The quantitative estimate of drug-likeness (QED) is 0.788. The zero-order chi connectivity index (χ0) is 11.5. The van der Waals surface area contributed by atoms with Gasteiger partial charge in [0, 0.05) is 29.1 Å². The minimum absolute atomic E-state index is 0.318. The van der Waals surface area contributed by atoms with E-state index in [9.17, 15) is 4.39 Å². The van der Waals surface area contributed by atoms with Gasteiger partial charge in [-0.05, 0) is 24.3 Å². The highest BCUT2D eigenvalue weighted by Crippen LogP contribution is 2.25. The van der Waals surface area contributed by atoms with E-state index in [-0.39, 0.29) is 5.82 Å². The van der Waals surface area contributed by atoms with Crippen molar-refractivity contribution in [3.63, 3.8) is 0 Å². The van der Waals surface area contributed by atoms with Crippen LogP contribution in [-0.4, -0.2) is 12.1 Å². The van der Waals surface area contributed by atoms with Crippen molar-refractivity contribution < 1.29 is 9.13 Å². The molecule has 0 saturated carbocycles. The Morgan fingerprint density at radius 1 is 1.25 bits per heavy atom. The van der Waals surface area contributed by atoms with E-state index in [0.29, 0.717) is 22.7 Å². The summed E-state index contributed by atoms with van der Waals surface area (Å²) in [5.41, 5.74) is 7.24. The fourth-order valence-corrected chi connectivity index (χ4v) is 1.42. The Hall–Kier alpha value is -2.10. The number of nitrogens with zero attached hydrogens (tertiary/aromatic N) is 1. The van der Waals surface area contributed by atoms with Crippen molar-refractivity contribution in [1.29, 1.82) is 0 Å². The van der Waals surface area contributed by atoms with Gasteiger partial charge in [0.25, 0.3) is 0 Å². The molecule has 0 aliphatic heterocycles. The number of pyridine rings is 1. The highest BCUT2D eigenvalue weighted by atomic mass is 19.1. The largest absolute Gasteiger partial charge is 0.481 e. The summed E-state index contributed by atoms with van der Waals surface area (Å²) < 4.78 is 18.5. The second-order valence-corrected chi connectivity index (χ2v) is 3.33. The molecule has 1 aromatic carbocycles. The molecule has 0 unspecified atom stereocenters. The fourth-order valence-electron chi connectivity index (χ4n) is 1.42. The third kappa shape index (κ3) is 1.95. The molecule has 82 valence electrons. The third-order valence-corrected chi connectivity index (χ3v) is 2.25. The topological polar surface area (TPSA) is 48.1 Å². The summed E-state index contributed by atoms with van der Waals surface area (Å²) in [6.45, 7) is 0. The van der Waals surface area contributed by atoms with Crippen LogP contribution in [-0.2, 0) is 0 Å². The van der Waals surface area contributed by atoms with Gasteiger partial charge in [0.2, 0.25) is 5.88 Å². The molecule has 3 nitrogen and oxygen atoms in total. The highest BCUT2D eigenvalue weighted by Gasteiger charge is 2.06. The SMILES string of the molecule is COc1ccc(-c2cc(N)ccc2F)cn1. The van der Waals surface area contributed by atoms with Crippen molar-refractivity contribution in [2.45, 2.75) is 0 Å². The zero-order valence-corrected chi connectivity index (χ0v) is 8.77. The summed E-state index contributed by atoms with van der Waals surface area (Å²) in [5, 5.41) is 0. The maximum atomic E-state index is 13.5. The van der Waals surface area contributed by atoms with Crippen LogP contribution in [0.5, 0.6) is 5.88 Å². The highest BCUT2D eigenvalue weighted by molar-refractivity contribution is 5.67. The summed E-state index contributed by atoms with van der Waals surface area (Å²) in [5.74, 6) is 0.175. The summed E-state index contributed by atoms with van der Waals surface area (Å²) in [6.07, 6.45) is 1.55. The van der Waals surface area contributed by atoms with Gasteiger partial charge in [-0.3, -0.25) is 0 Å². The van der Waals surface area contributed by atoms with Gasteiger partial charge < -0.3 is 10.5 Å². The van der Waals surface area contributed by atoms with E-state index >= 15 is 0 Å². The van der Waals surface area contributed by atoms with E-state index < -0.39 is 0 Å². The molecule has 4 heteroatoms. The monoisotopic (exact) mass is 218 g/mol. The van der Waals surface area contributed by atoms with Gasteiger partial charge in [-0.2, -0.15) is 0 Å². The number of anilines is 1. The number of aromatic nitrogens is 1. The molecule has 2 rings (SSSR count). The second-order valence-electron chi connectivity index (χ2n) is 3.33. The Kier molecular flexibility index (Phi) is 2.72. The number of nitrogens with two attached hydrogens (primary N) is 1. The molecule has 0 aliphatic rings. The van der Waals surface area contributed by atoms with Crippen LogP contribution in [0, 0.1) is 5.82 Å². The van der Waals surface area contributed by atoms with Crippen molar-refractivity contribution in [3.05, 3.63) is 42.3 Å². The number of hydrogen-bond donors (Lipinski definition) is 1. The van der Waals surface area contributed by atoms with Gasteiger partial charge in [0.1, 0.15) is 5.82 Å². The predicted octanol–water partition coefficient (Wildman–Crippen LogP) is 2.48. The van der Waals surface area contributed by atoms with Gasteiger partial charge >= 0.3 is 0 Å². The van der Waals surface area contributed by atoms with E-state index in [0.717, 1.165) is 0 Å². The molecule has 16 heavy (non-hydrogen) atoms. The minimum Gasteiger partial charge on any atom is -0.481 e. The van der Waals surface area contributed by atoms with Crippen molar-refractivity contribution >= 4 is 5.69 Å². The number of rotatable bonds is 2. The first kappa shape index (κ1) is 10.4. The molecular weight excluding hydrogens is 207 g/mol. The first-order chi connectivity index (χ1) is 7.70. The molecule has 1 heterocycles. The lowest BCUT2D eigenvalue weighted by atomic mass is 10.1. The number of hydrogen-bond acceptors (Lipinski definition) is 3. The average Bonchev–Trinajstić information content (AvgIpc) is 2.32. The summed E-state index contributed by atoms with van der Waals surface area (Å²) in [7, 11) is 1.53. The van der Waals surface area contributed by atoms with Crippen LogP contribution in [0.3, 0.4) is 0 Å². The molecule has 0 fully saturated rings. The molecule has 1 aromatic heterocycles. The predicted molar refractivity (Wildman–Crippen MR) is 60.6 cm³/mol. The van der Waals surface area contributed by atoms with E-state index in [1.807, 2.05) is 0 Å². The van der Waals surface area contributed by atoms with E-state index in [4.69, 9.17) is 10.5 Å². The minimum atomic E-state index is -0.318.